The smallest absolute Gasteiger partial charge is 0.293 e. The molecule has 1 aliphatic rings. The van der Waals surface area contributed by atoms with E-state index >= 15 is 0 Å². The molecule has 0 atom stereocenters. The predicted molar refractivity (Wildman–Crippen MR) is 72.3 cm³/mol. The third kappa shape index (κ3) is 3.57. The quantitative estimate of drug-likeness (QED) is 0.476. The summed E-state index contributed by atoms with van der Waals surface area (Å²) in [4.78, 5) is 21.7. The average Bonchev–Trinajstić information content (AvgIpc) is 3.19. The van der Waals surface area contributed by atoms with E-state index in [1.807, 2.05) is 0 Å². The molecule has 0 unspecified atom stereocenters. The molecule has 1 fully saturated rings. The second kappa shape index (κ2) is 5.88. The number of carbonyl (C=O) groups is 1. The lowest BCUT2D eigenvalue weighted by Crippen LogP contribution is -2.29. The Labute approximate surface area is 115 Å². The van der Waals surface area contributed by atoms with Crippen molar-refractivity contribution in [1.29, 1.82) is 0 Å². The summed E-state index contributed by atoms with van der Waals surface area (Å²) in [6, 6.07) is 4.50. The molecule has 0 spiro atoms. The maximum Gasteiger partial charge on any atom is 0.293 e. The largest absolute Gasteiger partial charge is 0.376 e. The van der Waals surface area contributed by atoms with Gasteiger partial charge in [0, 0.05) is 25.1 Å². The Hall–Kier alpha value is -1.82. The van der Waals surface area contributed by atoms with Crippen molar-refractivity contribution in [3.05, 3.63) is 33.3 Å². The summed E-state index contributed by atoms with van der Waals surface area (Å²) in [6.07, 6.45) is 1.91. The molecular formula is C12H14ClN3O3. The van der Waals surface area contributed by atoms with Gasteiger partial charge in [-0.25, -0.2) is 0 Å². The van der Waals surface area contributed by atoms with Crippen LogP contribution >= 0.6 is 11.6 Å². The van der Waals surface area contributed by atoms with Crippen molar-refractivity contribution in [3.63, 3.8) is 0 Å². The SMILES string of the molecule is O=C(NCCNc1c(Cl)cccc1[N+](=O)[O-])C1CC1. The van der Waals surface area contributed by atoms with Crippen LogP contribution in [0.3, 0.4) is 0 Å². The Morgan fingerprint density at radius 2 is 2.16 bits per heavy atom. The third-order valence-corrected chi connectivity index (χ3v) is 3.18. The number of benzene rings is 1. The summed E-state index contributed by atoms with van der Waals surface area (Å²) in [6.45, 7) is 0.806. The highest BCUT2D eigenvalue weighted by atomic mass is 35.5. The second-order valence-electron chi connectivity index (χ2n) is 4.38. The van der Waals surface area contributed by atoms with Gasteiger partial charge >= 0.3 is 0 Å². The van der Waals surface area contributed by atoms with Gasteiger partial charge in [0.15, 0.2) is 0 Å². The summed E-state index contributed by atoms with van der Waals surface area (Å²) >= 11 is 5.92. The van der Waals surface area contributed by atoms with Gasteiger partial charge in [0.2, 0.25) is 5.91 Å². The van der Waals surface area contributed by atoms with Crippen LogP contribution in [0.5, 0.6) is 0 Å². The number of carbonyl (C=O) groups excluding carboxylic acids is 1. The molecule has 1 saturated carbocycles. The molecule has 0 bridgehead atoms. The zero-order valence-corrected chi connectivity index (χ0v) is 10.9. The zero-order valence-electron chi connectivity index (χ0n) is 10.2. The normalized spacial score (nSPS) is 13.9. The van der Waals surface area contributed by atoms with Gasteiger partial charge in [0.25, 0.3) is 5.69 Å². The standard InChI is InChI=1S/C12H14ClN3O3/c13-9-2-1-3-10(16(18)19)11(9)14-6-7-15-12(17)8-4-5-8/h1-3,8,14H,4-7H2,(H,15,17). The van der Waals surface area contributed by atoms with Crippen molar-refractivity contribution in [2.45, 2.75) is 12.8 Å². The molecule has 19 heavy (non-hydrogen) atoms. The van der Waals surface area contributed by atoms with Crippen LogP contribution in [-0.4, -0.2) is 23.9 Å². The van der Waals surface area contributed by atoms with Gasteiger partial charge in [0.05, 0.1) is 9.95 Å². The van der Waals surface area contributed by atoms with Gasteiger partial charge in [-0.3, -0.25) is 14.9 Å². The van der Waals surface area contributed by atoms with E-state index in [0.717, 1.165) is 12.8 Å². The summed E-state index contributed by atoms with van der Waals surface area (Å²) in [5.74, 6) is 0.213. The fraction of sp³-hybridized carbons (Fsp3) is 0.417. The molecule has 0 radical (unpaired) electrons. The van der Waals surface area contributed by atoms with E-state index in [1.54, 1.807) is 6.07 Å². The molecule has 1 amide bonds. The number of rotatable bonds is 6. The Morgan fingerprint density at radius 3 is 2.79 bits per heavy atom. The number of nitrogens with zero attached hydrogens (tertiary/aromatic N) is 1. The van der Waals surface area contributed by atoms with Crippen LogP contribution < -0.4 is 10.6 Å². The van der Waals surface area contributed by atoms with Crippen molar-refractivity contribution < 1.29 is 9.72 Å². The maximum atomic E-state index is 11.4. The van der Waals surface area contributed by atoms with Crippen LogP contribution in [-0.2, 0) is 4.79 Å². The number of para-hydroxylation sites is 1. The van der Waals surface area contributed by atoms with Gasteiger partial charge in [0.1, 0.15) is 5.69 Å². The highest BCUT2D eigenvalue weighted by Crippen LogP contribution is 2.31. The Kier molecular flexibility index (Phi) is 4.21. The van der Waals surface area contributed by atoms with Crippen molar-refractivity contribution >= 4 is 28.9 Å². The molecule has 2 rings (SSSR count). The Morgan fingerprint density at radius 1 is 1.42 bits per heavy atom. The van der Waals surface area contributed by atoms with Crippen LogP contribution in [0.1, 0.15) is 12.8 Å². The molecule has 1 aromatic carbocycles. The number of anilines is 1. The van der Waals surface area contributed by atoms with E-state index < -0.39 is 4.92 Å². The molecule has 102 valence electrons. The van der Waals surface area contributed by atoms with E-state index in [0.29, 0.717) is 18.1 Å². The predicted octanol–water partition coefficient (Wildman–Crippen LogP) is 2.19. The molecule has 7 heteroatoms. The first-order chi connectivity index (χ1) is 9.09. The molecule has 6 nitrogen and oxygen atoms in total. The minimum absolute atomic E-state index is 0.0514. The molecule has 0 aliphatic heterocycles. The fourth-order valence-corrected chi connectivity index (χ4v) is 1.94. The highest BCUT2D eigenvalue weighted by Gasteiger charge is 2.29. The van der Waals surface area contributed by atoms with E-state index in [4.69, 9.17) is 11.6 Å². The molecule has 1 aromatic rings. The lowest BCUT2D eigenvalue weighted by atomic mass is 10.2. The maximum absolute atomic E-state index is 11.4. The van der Waals surface area contributed by atoms with Gasteiger partial charge < -0.3 is 10.6 Å². The summed E-state index contributed by atoms with van der Waals surface area (Å²) in [7, 11) is 0. The molecule has 2 N–H and O–H groups in total. The van der Waals surface area contributed by atoms with Crippen molar-refractivity contribution in [2.24, 2.45) is 5.92 Å². The first-order valence-corrected chi connectivity index (χ1v) is 6.42. The lowest BCUT2D eigenvalue weighted by Gasteiger charge is -2.09. The fourth-order valence-electron chi connectivity index (χ4n) is 1.70. The van der Waals surface area contributed by atoms with Crippen LogP contribution in [0.4, 0.5) is 11.4 Å². The van der Waals surface area contributed by atoms with Crippen molar-refractivity contribution in [1.82, 2.24) is 5.32 Å². The summed E-state index contributed by atoms with van der Waals surface area (Å²) in [5, 5.41) is 16.8. The topological polar surface area (TPSA) is 84.3 Å². The zero-order chi connectivity index (χ0) is 13.8. The number of nitro benzene ring substituents is 1. The van der Waals surface area contributed by atoms with Crippen LogP contribution in [0.15, 0.2) is 18.2 Å². The lowest BCUT2D eigenvalue weighted by molar-refractivity contribution is -0.383. The average molecular weight is 284 g/mol. The second-order valence-corrected chi connectivity index (χ2v) is 4.79. The molecular weight excluding hydrogens is 270 g/mol. The molecule has 0 saturated heterocycles. The van der Waals surface area contributed by atoms with Gasteiger partial charge in [-0.1, -0.05) is 17.7 Å². The van der Waals surface area contributed by atoms with Crippen LogP contribution in [0.2, 0.25) is 5.02 Å². The Balaban J connectivity index is 1.88. The van der Waals surface area contributed by atoms with E-state index in [1.165, 1.54) is 12.1 Å². The number of amides is 1. The van der Waals surface area contributed by atoms with Gasteiger partial charge in [-0.15, -0.1) is 0 Å². The molecule has 0 heterocycles. The highest BCUT2D eigenvalue weighted by molar-refractivity contribution is 6.33. The van der Waals surface area contributed by atoms with Gasteiger partial charge in [-0.2, -0.15) is 0 Å². The third-order valence-electron chi connectivity index (χ3n) is 2.86. The number of hydrogen-bond acceptors (Lipinski definition) is 4. The van der Waals surface area contributed by atoms with E-state index in [-0.39, 0.29) is 23.2 Å². The minimum atomic E-state index is -0.489. The molecule has 1 aliphatic carbocycles. The number of nitrogens with one attached hydrogen (secondary N) is 2. The summed E-state index contributed by atoms with van der Waals surface area (Å²) in [5.41, 5.74) is 0.218. The van der Waals surface area contributed by atoms with Crippen LogP contribution in [0.25, 0.3) is 0 Å². The van der Waals surface area contributed by atoms with Gasteiger partial charge in [-0.05, 0) is 18.9 Å². The first kappa shape index (κ1) is 13.6. The number of hydrogen-bond donors (Lipinski definition) is 2. The van der Waals surface area contributed by atoms with Crippen LogP contribution in [0, 0.1) is 16.0 Å². The van der Waals surface area contributed by atoms with Crippen molar-refractivity contribution in [3.8, 4) is 0 Å². The van der Waals surface area contributed by atoms with E-state index in [2.05, 4.69) is 10.6 Å². The minimum Gasteiger partial charge on any atom is -0.376 e. The number of nitro groups is 1. The van der Waals surface area contributed by atoms with Crippen molar-refractivity contribution in [2.75, 3.05) is 18.4 Å². The Bertz CT molecular complexity index is 503. The first-order valence-electron chi connectivity index (χ1n) is 6.04. The monoisotopic (exact) mass is 283 g/mol. The van der Waals surface area contributed by atoms with E-state index in [9.17, 15) is 14.9 Å². The number of halogens is 1. The summed E-state index contributed by atoms with van der Waals surface area (Å²) < 4.78 is 0. The molecule has 0 aromatic heterocycles.